The summed E-state index contributed by atoms with van der Waals surface area (Å²) in [5.74, 6) is -1.24. The first-order chi connectivity index (χ1) is 9.85. The van der Waals surface area contributed by atoms with Crippen LogP contribution in [0, 0.1) is 5.82 Å². The van der Waals surface area contributed by atoms with Crippen LogP contribution in [0.2, 0.25) is 0 Å². The zero-order valence-electron chi connectivity index (χ0n) is 10.6. The fourth-order valence-corrected chi connectivity index (χ4v) is 2.33. The second-order valence-electron chi connectivity index (χ2n) is 4.18. The molecule has 2 aromatic carbocycles. The molecule has 0 aliphatic carbocycles. The van der Waals surface area contributed by atoms with Crippen molar-refractivity contribution in [2.75, 3.05) is 5.32 Å². The fraction of sp³-hybridized carbons (Fsp3) is 0.143. The van der Waals surface area contributed by atoms with Gasteiger partial charge in [0.05, 0.1) is 0 Å². The Morgan fingerprint density at radius 3 is 2.48 bits per heavy atom. The quantitative estimate of drug-likeness (QED) is 0.630. The number of rotatable bonds is 4. The van der Waals surface area contributed by atoms with Gasteiger partial charge < -0.3 is 10.4 Å². The van der Waals surface area contributed by atoms with Crippen LogP contribution >= 0.6 is 11.8 Å². The molecular formula is C14H11F4NOS. The van der Waals surface area contributed by atoms with E-state index in [9.17, 15) is 17.6 Å². The van der Waals surface area contributed by atoms with E-state index in [-0.39, 0.29) is 23.2 Å². The van der Waals surface area contributed by atoms with Gasteiger partial charge in [-0.25, -0.2) is 4.39 Å². The van der Waals surface area contributed by atoms with Crippen LogP contribution in [0.1, 0.15) is 5.56 Å². The van der Waals surface area contributed by atoms with Crippen molar-refractivity contribution in [3.63, 3.8) is 0 Å². The Balaban J connectivity index is 2.11. The minimum atomic E-state index is -4.37. The number of hydrogen-bond acceptors (Lipinski definition) is 3. The molecule has 0 fully saturated rings. The Bertz CT molecular complexity index is 631. The van der Waals surface area contributed by atoms with Crippen molar-refractivity contribution >= 4 is 17.4 Å². The summed E-state index contributed by atoms with van der Waals surface area (Å²) in [7, 11) is 0. The predicted molar refractivity (Wildman–Crippen MR) is 73.7 cm³/mol. The van der Waals surface area contributed by atoms with Crippen LogP contribution in [0.25, 0.3) is 0 Å². The summed E-state index contributed by atoms with van der Waals surface area (Å²) in [4.78, 5) is 0.0456. The summed E-state index contributed by atoms with van der Waals surface area (Å²) in [6.45, 7) is 0.145. The van der Waals surface area contributed by atoms with Crippen molar-refractivity contribution in [1.29, 1.82) is 0 Å². The van der Waals surface area contributed by atoms with Crippen LogP contribution in [0.4, 0.5) is 23.2 Å². The lowest BCUT2D eigenvalue weighted by atomic mass is 10.2. The number of para-hydroxylation sites is 1. The summed E-state index contributed by atoms with van der Waals surface area (Å²) in [6.07, 6.45) is 0. The average molecular weight is 317 g/mol. The highest BCUT2D eigenvalue weighted by Crippen LogP contribution is 2.40. The van der Waals surface area contributed by atoms with Crippen molar-refractivity contribution in [1.82, 2.24) is 0 Å². The van der Waals surface area contributed by atoms with Crippen LogP contribution in [0.15, 0.2) is 47.4 Å². The number of aromatic hydroxyl groups is 1. The molecule has 0 aliphatic rings. The van der Waals surface area contributed by atoms with E-state index < -0.39 is 17.1 Å². The maximum atomic E-state index is 13.2. The molecular weight excluding hydrogens is 306 g/mol. The largest absolute Gasteiger partial charge is 0.505 e. The molecule has 0 saturated carbocycles. The van der Waals surface area contributed by atoms with Gasteiger partial charge in [0.2, 0.25) is 0 Å². The van der Waals surface area contributed by atoms with E-state index in [1.54, 1.807) is 6.07 Å². The summed E-state index contributed by atoms with van der Waals surface area (Å²) >= 11 is -0.208. The second-order valence-corrected chi connectivity index (χ2v) is 5.29. The molecule has 7 heteroatoms. The van der Waals surface area contributed by atoms with E-state index in [2.05, 4.69) is 5.32 Å². The molecule has 0 unspecified atom stereocenters. The van der Waals surface area contributed by atoms with Gasteiger partial charge in [-0.3, -0.25) is 0 Å². The number of alkyl halides is 3. The van der Waals surface area contributed by atoms with Gasteiger partial charge in [-0.15, -0.1) is 0 Å². The summed E-state index contributed by atoms with van der Waals surface area (Å²) in [6, 6.07) is 9.82. The molecule has 0 atom stereocenters. The zero-order valence-corrected chi connectivity index (χ0v) is 11.4. The molecule has 2 rings (SSSR count). The first-order valence-electron chi connectivity index (χ1n) is 5.91. The van der Waals surface area contributed by atoms with Crippen molar-refractivity contribution in [3.05, 3.63) is 53.8 Å². The highest BCUT2D eigenvalue weighted by Gasteiger charge is 2.30. The van der Waals surface area contributed by atoms with E-state index in [4.69, 9.17) is 5.11 Å². The van der Waals surface area contributed by atoms with Crippen molar-refractivity contribution in [2.24, 2.45) is 0 Å². The third-order valence-corrected chi connectivity index (χ3v) is 3.42. The fourth-order valence-electron chi connectivity index (χ4n) is 1.68. The average Bonchev–Trinajstić information content (AvgIpc) is 2.40. The second kappa shape index (κ2) is 6.26. The third kappa shape index (κ3) is 4.56. The van der Waals surface area contributed by atoms with Gasteiger partial charge in [0.1, 0.15) is 0 Å². The molecule has 0 amide bonds. The summed E-state index contributed by atoms with van der Waals surface area (Å²) in [5.41, 5.74) is -3.55. The third-order valence-electron chi connectivity index (χ3n) is 2.61. The number of phenols is 1. The number of thioether (sulfide) groups is 1. The minimum Gasteiger partial charge on any atom is -0.505 e. The van der Waals surface area contributed by atoms with Gasteiger partial charge in [-0.05, 0) is 41.6 Å². The van der Waals surface area contributed by atoms with Gasteiger partial charge in [-0.1, -0.05) is 18.2 Å². The van der Waals surface area contributed by atoms with Gasteiger partial charge in [0.25, 0.3) is 0 Å². The number of nitrogens with one attached hydrogen (secondary N) is 1. The van der Waals surface area contributed by atoms with E-state index in [1.165, 1.54) is 30.3 Å². The molecule has 0 radical (unpaired) electrons. The Kier molecular flexibility index (Phi) is 4.62. The van der Waals surface area contributed by atoms with Gasteiger partial charge in [0.15, 0.2) is 11.6 Å². The molecule has 0 aromatic heterocycles. The van der Waals surface area contributed by atoms with Gasteiger partial charge >= 0.3 is 5.51 Å². The Hall–Kier alpha value is -1.89. The number of phenolic OH excluding ortho intramolecular Hbond substituents is 1. The first-order valence-corrected chi connectivity index (χ1v) is 6.73. The smallest absolute Gasteiger partial charge is 0.446 e. The summed E-state index contributed by atoms with van der Waals surface area (Å²) in [5, 5.41) is 11.9. The van der Waals surface area contributed by atoms with Crippen molar-refractivity contribution < 1.29 is 22.7 Å². The van der Waals surface area contributed by atoms with Crippen LogP contribution in [0.5, 0.6) is 5.75 Å². The number of anilines is 1. The molecule has 21 heavy (non-hydrogen) atoms. The highest BCUT2D eigenvalue weighted by atomic mass is 32.2. The Morgan fingerprint density at radius 2 is 1.81 bits per heavy atom. The molecule has 112 valence electrons. The monoisotopic (exact) mass is 317 g/mol. The number of benzene rings is 2. The van der Waals surface area contributed by atoms with Gasteiger partial charge in [0, 0.05) is 17.1 Å². The Morgan fingerprint density at radius 1 is 1.10 bits per heavy atom. The lowest BCUT2D eigenvalue weighted by Gasteiger charge is -2.13. The maximum absolute atomic E-state index is 13.2. The molecule has 0 bridgehead atoms. The Labute approximate surface area is 122 Å². The SMILES string of the molecule is Oc1ccc(CNc2ccccc2SC(F)(F)F)cc1F. The van der Waals surface area contributed by atoms with Crippen LogP contribution in [-0.2, 0) is 6.54 Å². The molecule has 0 heterocycles. The minimum absolute atomic E-state index is 0.0456. The molecule has 0 aliphatic heterocycles. The lowest BCUT2D eigenvalue weighted by molar-refractivity contribution is -0.0327. The molecule has 2 N–H and O–H groups in total. The zero-order chi connectivity index (χ0) is 15.5. The maximum Gasteiger partial charge on any atom is 0.446 e. The summed E-state index contributed by atoms with van der Waals surface area (Å²) < 4.78 is 50.5. The van der Waals surface area contributed by atoms with Gasteiger partial charge in [-0.2, -0.15) is 13.2 Å². The molecule has 2 aromatic rings. The molecule has 0 saturated heterocycles. The highest BCUT2D eigenvalue weighted by molar-refractivity contribution is 8.00. The normalized spacial score (nSPS) is 11.4. The van der Waals surface area contributed by atoms with Crippen LogP contribution in [0.3, 0.4) is 0 Å². The van der Waals surface area contributed by atoms with Crippen LogP contribution < -0.4 is 5.32 Å². The van der Waals surface area contributed by atoms with E-state index >= 15 is 0 Å². The van der Waals surface area contributed by atoms with E-state index in [0.29, 0.717) is 11.3 Å². The number of halogens is 4. The first kappa shape index (κ1) is 15.5. The predicted octanol–water partition coefficient (Wildman–Crippen LogP) is 4.76. The van der Waals surface area contributed by atoms with Crippen LogP contribution in [-0.4, -0.2) is 10.6 Å². The molecule has 0 spiro atoms. The topological polar surface area (TPSA) is 32.3 Å². The van der Waals surface area contributed by atoms with E-state index in [1.807, 2.05) is 0 Å². The van der Waals surface area contributed by atoms with Crippen molar-refractivity contribution in [3.8, 4) is 5.75 Å². The van der Waals surface area contributed by atoms with E-state index in [0.717, 1.165) is 6.07 Å². The van der Waals surface area contributed by atoms with Crippen molar-refractivity contribution in [2.45, 2.75) is 16.9 Å². The standard InChI is InChI=1S/C14H11F4NOS/c15-10-7-9(5-6-12(10)20)8-19-11-3-1-2-4-13(11)21-14(16,17)18/h1-7,19-20H,8H2. The molecule has 2 nitrogen and oxygen atoms in total. The number of hydrogen-bond donors (Lipinski definition) is 2. The lowest BCUT2D eigenvalue weighted by Crippen LogP contribution is -2.04.